The minimum atomic E-state index is -0.290. The van der Waals surface area contributed by atoms with Gasteiger partial charge in [0.05, 0.1) is 13.2 Å². The number of carbonyl (C=O) groups excluding carboxylic acids is 1. The van der Waals surface area contributed by atoms with E-state index in [1.165, 1.54) is 39.2 Å². The predicted octanol–water partition coefficient (Wildman–Crippen LogP) is 1.93. The molecule has 110 valence electrons. The van der Waals surface area contributed by atoms with Crippen molar-refractivity contribution in [1.29, 1.82) is 0 Å². The molecule has 20 heavy (non-hydrogen) atoms. The average molecular weight is 278 g/mol. The molecule has 6 nitrogen and oxygen atoms in total. The van der Waals surface area contributed by atoms with Crippen molar-refractivity contribution in [2.45, 2.75) is 51.0 Å². The van der Waals surface area contributed by atoms with Crippen molar-refractivity contribution in [2.24, 2.45) is 5.92 Å². The second-order valence-electron chi connectivity index (χ2n) is 5.73. The first kappa shape index (κ1) is 13.4. The molecule has 1 aromatic heterocycles. The highest BCUT2D eigenvalue weighted by molar-refractivity contribution is 5.71. The SMILES string of the molecule is COC(=O)Cc1nc2n(n1)C(C1CCCCC1)CCN2. The zero-order chi connectivity index (χ0) is 13.9. The van der Waals surface area contributed by atoms with Crippen molar-refractivity contribution in [2.75, 3.05) is 19.0 Å². The topological polar surface area (TPSA) is 69.0 Å². The van der Waals surface area contributed by atoms with Crippen LogP contribution in [0.4, 0.5) is 5.95 Å². The Balaban J connectivity index is 1.78. The summed E-state index contributed by atoms with van der Waals surface area (Å²) < 4.78 is 6.69. The summed E-state index contributed by atoms with van der Waals surface area (Å²) in [4.78, 5) is 15.8. The molecule has 1 aliphatic heterocycles. The Morgan fingerprint density at radius 1 is 1.35 bits per heavy atom. The number of rotatable bonds is 3. The van der Waals surface area contributed by atoms with Crippen molar-refractivity contribution in [3.05, 3.63) is 5.82 Å². The minimum Gasteiger partial charge on any atom is -0.469 e. The second-order valence-corrected chi connectivity index (χ2v) is 5.73. The minimum absolute atomic E-state index is 0.148. The number of ether oxygens (including phenoxy) is 1. The first-order chi connectivity index (χ1) is 9.78. The van der Waals surface area contributed by atoms with E-state index in [4.69, 9.17) is 0 Å². The molecule has 2 aliphatic rings. The summed E-state index contributed by atoms with van der Waals surface area (Å²) in [5.74, 6) is 1.78. The molecule has 1 N–H and O–H groups in total. The molecule has 0 aromatic carbocycles. The highest BCUT2D eigenvalue weighted by atomic mass is 16.5. The molecule has 1 atom stereocenters. The van der Waals surface area contributed by atoms with E-state index in [0.717, 1.165) is 18.9 Å². The van der Waals surface area contributed by atoms with Gasteiger partial charge >= 0.3 is 5.97 Å². The number of methoxy groups -OCH3 is 1. The summed E-state index contributed by atoms with van der Waals surface area (Å²) in [6.07, 6.45) is 7.83. The molecule has 3 rings (SSSR count). The maximum atomic E-state index is 11.3. The summed E-state index contributed by atoms with van der Waals surface area (Å²) in [6.45, 7) is 0.942. The van der Waals surface area contributed by atoms with Crippen LogP contribution in [0.3, 0.4) is 0 Å². The summed E-state index contributed by atoms with van der Waals surface area (Å²) in [5, 5.41) is 7.82. The van der Waals surface area contributed by atoms with E-state index in [0.29, 0.717) is 17.8 Å². The number of esters is 1. The Hall–Kier alpha value is -1.59. The molecule has 6 heteroatoms. The molecule has 1 aromatic rings. The van der Waals surface area contributed by atoms with Crippen molar-refractivity contribution in [3.63, 3.8) is 0 Å². The van der Waals surface area contributed by atoms with Crippen LogP contribution in [0.25, 0.3) is 0 Å². The molecule has 0 amide bonds. The summed E-state index contributed by atoms with van der Waals surface area (Å²) >= 11 is 0. The Kier molecular flexibility index (Phi) is 3.89. The van der Waals surface area contributed by atoms with Gasteiger partial charge < -0.3 is 10.1 Å². The molecule has 2 heterocycles. The molecular weight excluding hydrogens is 256 g/mol. The van der Waals surface area contributed by atoms with E-state index in [9.17, 15) is 4.79 Å². The number of carbonyl (C=O) groups is 1. The molecular formula is C14H22N4O2. The predicted molar refractivity (Wildman–Crippen MR) is 74.5 cm³/mol. The van der Waals surface area contributed by atoms with Crippen molar-refractivity contribution in [1.82, 2.24) is 14.8 Å². The number of hydrogen-bond acceptors (Lipinski definition) is 5. The van der Waals surface area contributed by atoms with Gasteiger partial charge in [0.25, 0.3) is 0 Å². The van der Waals surface area contributed by atoms with Crippen LogP contribution in [0.1, 0.15) is 50.4 Å². The maximum absolute atomic E-state index is 11.3. The molecule has 1 saturated carbocycles. The van der Waals surface area contributed by atoms with Gasteiger partial charge in [-0.3, -0.25) is 4.79 Å². The van der Waals surface area contributed by atoms with E-state index < -0.39 is 0 Å². The Morgan fingerprint density at radius 2 is 2.15 bits per heavy atom. The monoisotopic (exact) mass is 278 g/mol. The highest BCUT2D eigenvalue weighted by Gasteiger charge is 2.31. The number of fused-ring (bicyclic) bond motifs is 1. The Bertz CT molecular complexity index is 480. The Morgan fingerprint density at radius 3 is 2.90 bits per heavy atom. The lowest BCUT2D eigenvalue weighted by molar-refractivity contribution is -0.139. The third-order valence-corrected chi connectivity index (χ3v) is 4.44. The number of aromatic nitrogens is 3. The summed E-state index contributed by atoms with van der Waals surface area (Å²) in [6, 6.07) is 0.436. The van der Waals surface area contributed by atoms with Crippen molar-refractivity contribution in [3.8, 4) is 0 Å². The molecule has 1 aliphatic carbocycles. The van der Waals surface area contributed by atoms with Gasteiger partial charge in [0.15, 0.2) is 5.82 Å². The van der Waals surface area contributed by atoms with Crippen LogP contribution in [-0.4, -0.2) is 34.4 Å². The van der Waals surface area contributed by atoms with Crippen LogP contribution in [0.2, 0.25) is 0 Å². The number of nitrogens with one attached hydrogen (secondary N) is 1. The van der Waals surface area contributed by atoms with Gasteiger partial charge in [-0.05, 0) is 25.2 Å². The lowest BCUT2D eigenvalue weighted by atomic mass is 9.82. The van der Waals surface area contributed by atoms with Gasteiger partial charge in [0, 0.05) is 6.54 Å². The molecule has 0 radical (unpaired) electrons. The van der Waals surface area contributed by atoms with Crippen molar-refractivity contribution >= 4 is 11.9 Å². The smallest absolute Gasteiger partial charge is 0.313 e. The fraction of sp³-hybridized carbons (Fsp3) is 0.786. The molecule has 0 spiro atoms. The maximum Gasteiger partial charge on any atom is 0.313 e. The van der Waals surface area contributed by atoms with Crippen LogP contribution in [0.5, 0.6) is 0 Å². The average Bonchev–Trinajstić information content (AvgIpc) is 2.90. The normalized spacial score (nSPS) is 22.9. The Labute approximate surface area is 118 Å². The molecule has 1 unspecified atom stereocenters. The molecule has 1 fully saturated rings. The van der Waals surface area contributed by atoms with Crippen LogP contribution in [0.15, 0.2) is 0 Å². The number of anilines is 1. The van der Waals surface area contributed by atoms with E-state index in [-0.39, 0.29) is 12.4 Å². The fourth-order valence-corrected chi connectivity index (χ4v) is 3.40. The van der Waals surface area contributed by atoms with Crippen LogP contribution < -0.4 is 5.32 Å². The quantitative estimate of drug-likeness (QED) is 0.856. The number of nitrogens with zero attached hydrogens (tertiary/aromatic N) is 3. The van der Waals surface area contributed by atoms with Crippen molar-refractivity contribution < 1.29 is 9.53 Å². The van der Waals surface area contributed by atoms with Gasteiger partial charge in [-0.15, -0.1) is 0 Å². The highest BCUT2D eigenvalue weighted by Crippen LogP contribution is 2.37. The molecule has 0 bridgehead atoms. The molecule has 0 saturated heterocycles. The fourth-order valence-electron chi connectivity index (χ4n) is 3.40. The van der Waals surface area contributed by atoms with Crippen LogP contribution in [-0.2, 0) is 16.0 Å². The first-order valence-electron chi connectivity index (χ1n) is 7.54. The largest absolute Gasteiger partial charge is 0.469 e. The lowest BCUT2D eigenvalue weighted by Gasteiger charge is -2.33. The first-order valence-corrected chi connectivity index (χ1v) is 7.54. The van der Waals surface area contributed by atoms with Gasteiger partial charge in [-0.1, -0.05) is 19.3 Å². The summed E-state index contributed by atoms with van der Waals surface area (Å²) in [7, 11) is 1.39. The third kappa shape index (κ3) is 2.64. The van der Waals surface area contributed by atoms with Crippen LogP contribution >= 0.6 is 0 Å². The van der Waals surface area contributed by atoms with Gasteiger partial charge in [-0.2, -0.15) is 10.1 Å². The van der Waals surface area contributed by atoms with Gasteiger partial charge in [-0.25, -0.2) is 4.68 Å². The zero-order valence-corrected chi connectivity index (χ0v) is 12.0. The lowest BCUT2D eigenvalue weighted by Crippen LogP contribution is -2.30. The zero-order valence-electron chi connectivity index (χ0n) is 12.0. The summed E-state index contributed by atoms with van der Waals surface area (Å²) in [5.41, 5.74) is 0. The van der Waals surface area contributed by atoms with E-state index in [1.54, 1.807) is 0 Å². The van der Waals surface area contributed by atoms with E-state index in [1.807, 2.05) is 4.68 Å². The van der Waals surface area contributed by atoms with E-state index >= 15 is 0 Å². The number of hydrogen-bond donors (Lipinski definition) is 1. The standard InChI is InChI=1S/C14H22N4O2/c1-20-13(19)9-12-16-14-15-8-7-11(18(14)17-12)10-5-3-2-4-6-10/h10-11H,2-9H2,1H3,(H,15,16,17). The third-order valence-electron chi connectivity index (χ3n) is 4.44. The van der Waals surface area contributed by atoms with Gasteiger partial charge in [0.1, 0.15) is 6.42 Å². The van der Waals surface area contributed by atoms with Crippen LogP contribution in [0, 0.1) is 5.92 Å². The van der Waals surface area contributed by atoms with E-state index in [2.05, 4.69) is 20.1 Å². The second kappa shape index (κ2) is 5.81. The van der Waals surface area contributed by atoms with Gasteiger partial charge in [0.2, 0.25) is 5.95 Å².